The molecule has 29 heavy (non-hydrogen) atoms. The number of amides is 1. The van der Waals surface area contributed by atoms with Gasteiger partial charge in [-0.05, 0) is 47.7 Å². The first-order valence-corrected chi connectivity index (χ1v) is 11.3. The van der Waals surface area contributed by atoms with Crippen LogP contribution in [0, 0.1) is 5.92 Å². The molecule has 1 heterocycles. The molecule has 0 aromatic heterocycles. The Kier molecular flexibility index (Phi) is 6.51. The van der Waals surface area contributed by atoms with Crippen molar-refractivity contribution >= 4 is 33.2 Å². The number of sulfonamides is 1. The Morgan fingerprint density at radius 2 is 2.00 bits per heavy atom. The van der Waals surface area contributed by atoms with Crippen LogP contribution in [0.25, 0.3) is 0 Å². The van der Waals surface area contributed by atoms with Gasteiger partial charge in [0.2, 0.25) is 15.9 Å². The third kappa shape index (κ3) is 4.91. The van der Waals surface area contributed by atoms with Crippen molar-refractivity contribution < 1.29 is 17.9 Å². The summed E-state index contributed by atoms with van der Waals surface area (Å²) in [4.78, 5) is 14.3. The summed E-state index contributed by atoms with van der Waals surface area (Å²) >= 11 is 6.04. The lowest BCUT2D eigenvalue weighted by Crippen LogP contribution is -2.29. The molecule has 1 N–H and O–H groups in total. The first-order chi connectivity index (χ1) is 13.7. The standard InChI is InChI=1S/C21H25ClN2O4S/c1-14(2)10-21(25)24-9-8-16-11-15(4-6-19(16)24)13-23-29(26,27)17-5-7-20(28-3)18(22)12-17/h4-7,11-12,14,23H,8-10,13H2,1-3H3. The molecule has 0 saturated carbocycles. The maximum absolute atomic E-state index is 12.6. The molecule has 0 bridgehead atoms. The fourth-order valence-electron chi connectivity index (χ4n) is 3.36. The number of rotatable bonds is 7. The van der Waals surface area contributed by atoms with E-state index in [1.807, 2.05) is 36.9 Å². The van der Waals surface area contributed by atoms with E-state index in [-0.39, 0.29) is 22.4 Å². The van der Waals surface area contributed by atoms with Crippen LogP contribution in [-0.2, 0) is 27.8 Å². The normalized spacial score (nSPS) is 13.6. The van der Waals surface area contributed by atoms with Crippen LogP contribution in [0.3, 0.4) is 0 Å². The third-order valence-electron chi connectivity index (χ3n) is 4.82. The minimum Gasteiger partial charge on any atom is -0.495 e. The molecule has 156 valence electrons. The monoisotopic (exact) mass is 436 g/mol. The van der Waals surface area contributed by atoms with E-state index in [0.717, 1.165) is 23.2 Å². The van der Waals surface area contributed by atoms with Crippen molar-refractivity contribution in [3.05, 3.63) is 52.5 Å². The fourth-order valence-corrected chi connectivity index (χ4v) is 4.73. The van der Waals surface area contributed by atoms with Crippen molar-refractivity contribution in [2.24, 2.45) is 5.92 Å². The molecule has 2 aromatic carbocycles. The van der Waals surface area contributed by atoms with E-state index in [0.29, 0.717) is 24.6 Å². The molecule has 6 nitrogen and oxygen atoms in total. The van der Waals surface area contributed by atoms with Gasteiger partial charge in [-0.3, -0.25) is 4.79 Å². The number of methoxy groups -OCH3 is 1. The van der Waals surface area contributed by atoms with Gasteiger partial charge in [0.1, 0.15) is 5.75 Å². The molecule has 0 atom stereocenters. The zero-order valence-corrected chi connectivity index (χ0v) is 18.3. The molecule has 0 fully saturated rings. The Hall–Kier alpha value is -2.09. The van der Waals surface area contributed by atoms with Crippen LogP contribution in [0.4, 0.5) is 5.69 Å². The van der Waals surface area contributed by atoms with Crippen LogP contribution in [0.2, 0.25) is 5.02 Å². The Morgan fingerprint density at radius 1 is 1.24 bits per heavy atom. The van der Waals surface area contributed by atoms with Crippen molar-refractivity contribution in [1.29, 1.82) is 0 Å². The van der Waals surface area contributed by atoms with E-state index >= 15 is 0 Å². The molecule has 0 spiro atoms. The van der Waals surface area contributed by atoms with Crippen molar-refractivity contribution in [2.75, 3.05) is 18.6 Å². The summed E-state index contributed by atoms with van der Waals surface area (Å²) in [5.41, 5.74) is 2.82. The van der Waals surface area contributed by atoms with E-state index in [1.165, 1.54) is 25.3 Å². The average molecular weight is 437 g/mol. The van der Waals surface area contributed by atoms with Crippen LogP contribution in [-0.4, -0.2) is 28.0 Å². The van der Waals surface area contributed by atoms with Crippen molar-refractivity contribution in [3.63, 3.8) is 0 Å². The number of carbonyl (C=O) groups excluding carboxylic acids is 1. The second-order valence-corrected chi connectivity index (χ2v) is 9.65. The van der Waals surface area contributed by atoms with Crippen molar-refractivity contribution in [2.45, 2.75) is 38.1 Å². The summed E-state index contributed by atoms with van der Waals surface area (Å²) in [6, 6.07) is 10.0. The minimum atomic E-state index is -3.71. The molecular weight excluding hydrogens is 412 g/mol. The molecular formula is C21H25ClN2O4S. The number of anilines is 1. The molecule has 0 unspecified atom stereocenters. The van der Waals surface area contributed by atoms with Crippen molar-refractivity contribution in [3.8, 4) is 5.75 Å². The number of fused-ring (bicyclic) bond motifs is 1. The lowest BCUT2D eigenvalue weighted by Gasteiger charge is -2.18. The largest absolute Gasteiger partial charge is 0.495 e. The predicted molar refractivity (Wildman–Crippen MR) is 114 cm³/mol. The number of nitrogens with zero attached hydrogens (tertiary/aromatic N) is 1. The molecule has 1 aliphatic heterocycles. The SMILES string of the molecule is COc1ccc(S(=O)(=O)NCc2ccc3c(c2)CCN3C(=O)CC(C)C)cc1Cl. The number of hydrogen-bond donors (Lipinski definition) is 1. The molecule has 0 saturated heterocycles. The highest BCUT2D eigenvalue weighted by Gasteiger charge is 2.25. The van der Waals surface area contributed by atoms with Gasteiger partial charge >= 0.3 is 0 Å². The quantitative estimate of drug-likeness (QED) is 0.716. The Balaban J connectivity index is 1.71. The van der Waals surface area contributed by atoms with Gasteiger partial charge in [0.05, 0.1) is 17.0 Å². The summed E-state index contributed by atoms with van der Waals surface area (Å²) < 4.78 is 32.8. The van der Waals surface area contributed by atoms with E-state index in [1.54, 1.807) is 0 Å². The van der Waals surface area contributed by atoms with Gasteiger partial charge < -0.3 is 9.64 Å². The number of ether oxygens (including phenoxy) is 1. The summed E-state index contributed by atoms with van der Waals surface area (Å²) in [7, 11) is -2.24. The van der Waals surface area contributed by atoms with Crippen LogP contribution < -0.4 is 14.4 Å². The van der Waals surface area contributed by atoms with E-state index < -0.39 is 10.0 Å². The topological polar surface area (TPSA) is 75.7 Å². The molecule has 3 rings (SSSR count). The highest BCUT2D eigenvalue weighted by Crippen LogP contribution is 2.30. The molecule has 2 aromatic rings. The zero-order chi connectivity index (χ0) is 21.2. The second-order valence-electron chi connectivity index (χ2n) is 7.48. The van der Waals surface area contributed by atoms with Gasteiger partial charge in [-0.25, -0.2) is 13.1 Å². The first-order valence-electron chi connectivity index (χ1n) is 9.46. The van der Waals surface area contributed by atoms with Crippen LogP contribution in [0.5, 0.6) is 5.75 Å². The smallest absolute Gasteiger partial charge is 0.240 e. The predicted octanol–water partition coefficient (Wildman–Crippen LogP) is 3.76. The summed E-state index contributed by atoms with van der Waals surface area (Å²) in [6.45, 7) is 4.87. The molecule has 0 aliphatic carbocycles. The highest BCUT2D eigenvalue weighted by atomic mass is 35.5. The Bertz CT molecular complexity index is 1020. The third-order valence-corrected chi connectivity index (χ3v) is 6.52. The number of halogens is 1. The number of nitrogens with one attached hydrogen (secondary N) is 1. The summed E-state index contributed by atoms with van der Waals surface area (Å²) in [6.07, 6.45) is 1.29. The van der Waals surface area contributed by atoms with Crippen LogP contribution >= 0.6 is 11.6 Å². The van der Waals surface area contributed by atoms with E-state index in [9.17, 15) is 13.2 Å². The lowest BCUT2D eigenvalue weighted by atomic mass is 10.1. The maximum Gasteiger partial charge on any atom is 0.240 e. The molecule has 8 heteroatoms. The summed E-state index contributed by atoms with van der Waals surface area (Å²) in [5, 5.41) is 0.235. The second kappa shape index (κ2) is 8.73. The number of carbonyl (C=O) groups is 1. The van der Waals surface area contributed by atoms with Crippen molar-refractivity contribution in [1.82, 2.24) is 4.72 Å². The van der Waals surface area contributed by atoms with Gasteiger partial charge in [0.15, 0.2) is 0 Å². The fraction of sp³-hybridized carbons (Fsp3) is 0.381. The average Bonchev–Trinajstić information content (AvgIpc) is 3.09. The van der Waals surface area contributed by atoms with Crippen LogP contribution in [0.15, 0.2) is 41.3 Å². The van der Waals surface area contributed by atoms with Gasteiger partial charge in [-0.15, -0.1) is 0 Å². The highest BCUT2D eigenvalue weighted by molar-refractivity contribution is 7.89. The van der Waals surface area contributed by atoms with Gasteiger partial charge in [-0.1, -0.05) is 37.6 Å². The molecule has 1 amide bonds. The van der Waals surface area contributed by atoms with E-state index in [2.05, 4.69) is 4.72 Å². The van der Waals surface area contributed by atoms with Gasteiger partial charge in [0.25, 0.3) is 0 Å². The van der Waals surface area contributed by atoms with E-state index in [4.69, 9.17) is 16.3 Å². The Labute approximate surface area is 176 Å². The number of hydrogen-bond acceptors (Lipinski definition) is 4. The lowest BCUT2D eigenvalue weighted by molar-refractivity contribution is -0.119. The molecule has 1 aliphatic rings. The maximum atomic E-state index is 12.6. The first kappa shape index (κ1) is 21.6. The summed E-state index contributed by atoms with van der Waals surface area (Å²) in [5.74, 6) is 0.857. The zero-order valence-electron chi connectivity index (χ0n) is 16.7. The van der Waals surface area contributed by atoms with Gasteiger partial charge in [-0.2, -0.15) is 0 Å². The Morgan fingerprint density at radius 3 is 2.66 bits per heavy atom. The van der Waals surface area contributed by atoms with Gasteiger partial charge in [0, 0.05) is 25.2 Å². The number of benzene rings is 2. The molecule has 0 radical (unpaired) electrons. The minimum absolute atomic E-state index is 0.0786. The van der Waals surface area contributed by atoms with Crippen LogP contribution in [0.1, 0.15) is 31.4 Å².